The highest BCUT2D eigenvalue weighted by molar-refractivity contribution is 14.1. The van der Waals surface area contributed by atoms with Gasteiger partial charge in [-0.2, -0.15) is 0 Å². The number of ether oxygens (including phenoxy) is 1. The average molecular weight is 688 g/mol. The van der Waals surface area contributed by atoms with Crippen LogP contribution in [0, 0.1) is 15.2 Å². The number of sulfonamides is 1. The van der Waals surface area contributed by atoms with Gasteiger partial charge in [-0.15, -0.1) is 6.58 Å². The summed E-state index contributed by atoms with van der Waals surface area (Å²) in [4.78, 5) is 0. The van der Waals surface area contributed by atoms with Gasteiger partial charge in [0.1, 0.15) is 17.4 Å². The van der Waals surface area contributed by atoms with Gasteiger partial charge in [0.25, 0.3) is 0 Å². The van der Waals surface area contributed by atoms with E-state index < -0.39 is 36.2 Å². The third-order valence-electron chi connectivity index (χ3n) is 6.63. The Labute approximate surface area is 241 Å². The molecule has 1 aliphatic rings. The lowest BCUT2D eigenvalue weighted by Gasteiger charge is -2.21. The highest BCUT2D eigenvalue weighted by Gasteiger charge is 2.53. The molecule has 0 atom stereocenters. The van der Waals surface area contributed by atoms with Crippen molar-refractivity contribution in [3.8, 4) is 11.5 Å². The van der Waals surface area contributed by atoms with Gasteiger partial charge in [-0.05, 0) is 88.9 Å². The first-order valence-corrected chi connectivity index (χ1v) is 16.6. The van der Waals surface area contributed by atoms with Crippen molar-refractivity contribution in [1.29, 1.82) is 0 Å². The topological polar surface area (TPSA) is 89.5 Å². The Hall–Kier alpha value is -2.51. The van der Waals surface area contributed by atoms with Gasteiger partial charge in [0.2, 0.25) is 10.0 Å². The van der Waals surface area contributed by atoms with Crippen LogP contribution in [0.2, 0.25) is 0 Å². The minimum absolute atomic E-state index is 0.00345. The minimum atomic E-state index is -3.96. The van der Waals surface area contributed by atoms with Crippen LogP contribution >= 0.6 is 22.6 Å². The molecular weight excluding hydrogens is 659 g/mol. The van der Waals surface area contributed by atoms with Crippen molar-refractivity contribution in [3.63, 3.8) is 0 Å². The molecule has 1 N–H and O–H groups in total. The zero-order valence-electron chi connectivity index (χ0n) is 21.2. The van der Waals surface area contributed by atoms with Crippen LogP contribution in [0.1, 0.15) is 42.9 Å². The first-order valence-electron chi connectivity index (χ1n) is 12.2. The molecule has 3 aromatic rings. The molecule has 0 aliphatic heterocycles. The van der Waals surface area contributed by atoms with Crippen LogP contribution in [0.25, 0.3) is 0 Å². The normalized spacial score (nSPS) is 14.6. The lowest BCUT2D eigenvalue weighted by molar-refractivity contribution is 0.477. The van der Waals surface area contributed by atoms with Crippen LogP contribution in [0.5, 0.6) is 11.5 Å². The molecule has 3 aromatic carbocycles. The summed E-state index contributed by atoms with van der Waals surface area (Å²) in [6, 6.07) is 13.1. The first-order chi connectivity index (χ1) is 18.4. The number of allylic oxidation sites excluding steroid dienone is 1. The van der Waals surface area contributed by atoms with Gasteiger partial charge >= 0.3 is 0 Å². The molecule has 0 spiro atoms. The van der Waals surface area contributed by atoms with Gasteiger partial charge in [0, 0.05) is 21.8 Å². The molecule has 1 aliphatic carbocycles. The molecule has 0 saturated heterocycles. The molecule has 208 valence electrons. The Morgan fingerprint density at radius 1 is 1.05 bits per heavy atom. The molecule has 11 heteroatoms. The van der Waals surface area contributed by atoms with Crippen LogP contribution in [-0.4, -0.2) is 27.3 Å². The number of rotatable bonds is 12. The van der Waals surface area contributed by atoms with Gasteiger partial charge in [0.05, 0.1) is 16.2 Å². The van der Waals surface area contributed by atoms with Crippen molar-refractivity contribution >= 4 is 48.1 Å². The van der Waals surface area contributed by atoms with Crippen molar-refractivity contribution in [2.75, 3.05) is 10.5 Å². The average Bonchev–Trinajstić information content (AvgIpc) is 3.65. The lowest BCUT2D eigenvalue weighted by atomic mass is 10.0. The Morgan fingerprint density at radius 2 is 1.79 bits per heavy atom. The summed E-state index contributed by atoms with van der Waals surface area (Å²) < 4.78 is 89.0. The molecule has 0 aromatic heterocycles. The van der Waals surface area contributed by atoms with Gasteiger partial charge in [0.15, 0.2) is 15.6 Å². The molecule has 0 unspecified atom stereocenters. The molecular formula is C28H28F2INO5S2. The summed E-state index contributed by atoms with van der Waals surface area (Å²) in [5.41, 5.74) is 0.910. The second-order valence-electron chi connectivity index (χ2n) is 9.56. The Bertz CT molecular complexity index is 1620. The molecule has 0 amide bonds. The molecule has 6 nitrogen and oxygen atoms in total. The number of halogens is 3. The molecule has 1 saturated carbocycles. The monoisotopic (exact) mass is 687 g/mol. The molecule has 4 rings (SSSR count). The summed E-state index contributed by atoms with van der Waals surface area (Å²) in [7, 11) is -7.27. The highest BCUT2D eigenvalue weighted by atomic mass is 127. The van der Waals surface area contributed by atoms with E-state index in [9.17, 15) is 25.6 Å². The van der Waals surface area contributed by atoms with Gasteiger partial charge in [-0.3, -0.25) is 4.72 Å². The van der Waals surface area contributed by atoms with E-state index in [2.05, 4.69) is 11.3 Å². The van der Waals surface area contributed by atoms with E-state index in [0.717, 1.165) is 12.1 Å². The number of hydrogen-bond donors (Lipinski definition) is 1. The number of sulfone groups is 1. The van der Waals surface area contributed by atoms with E-state index in [0.29, 0.717) is 22.0 Å². The number of nitrogens with one attached hydrogen (secondary N) is 1. The van der Waals surface area contributed by atoms with Gasteiger partial charge in [-0.1, -0.05) is 31.2 Å². The minimum Gasteiger partial charge on any atom is -0.455 e. The van der Waals surface area contributed by atoms with Crippen LogP contribution < -0.4 is 9.46 Å². The van der Waals surface area contributed by atoms with Crippen molar-refractivity contribution in [3.05, 3.63) is 99.1 Å². The van der Waals surface area contributed by atoms with E-state index in [1.807, 2.05) is 22.6 Å². The summed E-state index contributed by atoms with van der Waals surface area (Å²) in [6.07, 6.45) is 2.58. The van der Waals surface area contributed by atoms with E-state index >= 15 is 0 Å². The third kappa shape index (κ3) is 6.98. The summed E-state index contributed by atoms with van der Waals surface area (Å²) in [5, 5.41) is 0. The number of benzene rings is 3. The van der Waals surface area contributed by atoms with Crippen molar-refractivity contribution in [1.82, 2.24) is 0 Å². The highest BCUT2D eigenvalue weighted by Crippen LogP contribution is 2.48. The maximum Gasteiger partial charge on any atom is 0.238 e. The fourth-order valence-corrected chi connectivity index (χ4v) is 7.29. The summed E-state index contributed by atoms with van der Waals surface area (Å²) >= 11 is 1.98. The second-order valence-corrected chi connectivity index (χ2v) is 15.2. The fourth-order valence-electron chi connectivity index (χ4n) is 4.25. The predicted molar refractivity (Wildman–Crippen MR) is 157 cm³/mol. The van der Waals surface area contributed by atoms with Gasteiger partial charge in [-0.25, -0.2) is 25.6 Å². The number of hydrogen-bond acceptors (Lipinski definition) is 5. The van der Waals surface area contributed by atoms with E-state index in [1.54, 1.807) is 43.3 Å². The first kappa shape index (κ1) is 29.5. The zero-order valence-corrected chi connectivity index (χ0v) is 25.0. The van der Waals surface area contributed by atoms with Crippen molar-refractivity contribution in [2.24, 2.45) is 0 Å². The second kappa shape index (κ2) is 11.5. The molecule has 39 heavy (non-hydrogen) atoms. The predicted octanol–water partition coefficient (Wildman–Crippen LogP) is 6.74. The van der Waals surface area contributed by atoms with E-state index in [1.165, 1.54) is 12.1 Å². The van der Waals surface area contributed by atoms with Crippen LogP contribution in [0.4, 0.5) is 14.5 Å². The Balaban J connectivity index is 1.78. The molecule has 0 radical (unpaired) electrons. The quantitative estimate of drug-likeness (QED) is 0.168. The lowest BCUT2D eigenvalue weighted by Crippen LogP contribution is -2.30. The largest absolute Gasteiger partial charge is 0.455 e. The van der Waals surface area contributed by atoms with E-state index in [-0.39, 0.29) is 52.7 Å². The van der Waals surface area contributed by atoms with Crippen LogP contribution in [0.15, 0.2) is 67.3 Å². The van der Waals surface area contributed by atoms with Crippen molar-refractivity contribution < 1.29 is 30.4 Å². The smallest absolute Gasteiger partial charge is 0.238 e. The molecule has 0 bridgehead atoms. The standard InChI is InChI=1S/C28H28F2INO5S2/c1-3-10-28(11-12-28)39(35,36)32-27-21(14-20-8-9-23(31)17-25(20)30)15-22(29)16-26(27)37-24-7-5-6-19(13-24)18-38(33,34)4-2/h3,5-9,13,15-17,32H,1,4,10-12,14,18H2,2H3. The molecule has 0 heterocycles. The maximum atomic E-state index is 14.9. The molecule has 1 fully saturated rings. The summed E-state index contributed by atoms with van der Waals surface area (Å²) in [6.45, 7) is 5.22. The Morgan fingerprint density at radius 3 is 2.44 bits per heavy atom. The van der Waals surface area contributed by atoms with Crippen LogP contribution in [-0.2, 0) is 32.0 Å². The van der Waals surface area contributed by atoms with E-state index in [4.69, 9.17) is 4.74 Å². The van der Waals surface area contributed by atoms with Gasteiger partial charge < -0.3 is 4.74 Å². The zero-order chi connectivity index (χ0) is 28.4. The SMILES string of the molecule is C=CCC1(S(=O)(=O)Nc2c(Cc3ccc(I)cc3F)cc(F)cc2Oc2cccc(CS(=O)(=O)CC)c2)CC1. The number of anilines is 1. The van der Waals surface area contributed by atoms with Crippen molar-refractivity contribution in [2.45, 2.75) is 43.1 Å². The Kier molecular flexibility index (Phi) is 8.72. The third-order valence-corrected chi connectivity index (χ3v) is 11.1. The van der Waals surface area contributed by atoms with Crippen LogP contribution in [0.3, 0.4) is 0 Å². The maximum absolute atomic E-state index is 14.9. The summed E-state index contributed by atoms with van der Waals surface area (Å²) in [5.74, 6) is -1.36. The fraction of sp³-hybridized carbons (Fsp3) is 0.286.